The van der Waals surface area contributed by atoms with Crippen LogP contribution in [-0.4, -0.2) is 17.1 Å². The Bertz CT molecular complexity index is 482. The van der Waals surface area contributed by atoms with Gasteiger partial charge in [-0.2, -0.15) is 0 Å². The first-order valence-corrected chi connectivity index (χ1v) is 7.24. The van der Waals surface area contributed by atoms with Crippen LogP contribution in [-0.2, 0) is 0 Å². The third-order valence-corrected chi connectivity index (χ3v) is 3.79. The van der Waals surface area contributed by atoms with Gasteiger partial charge in [0.2, 0.25) is 0 Å². The Kier molecular flexibility index (Phi) is 4.47. The Morgan fingerprint density at radius 3 is 2.70 bits per heavy atom. The Hall–Kier alpha value is -1.78. The van der Waals surface area contributed by atoms with Crippen LogP contribution in [0, 0.1) is 10.1 Å². The van der Waals surface area contributed by atoms with Crippen molar-refractivity contribution in [2.45, 2.75) is 51.5 Å². The van der Waals surface area contributed by atoms with Gasteiger partial charge in [-0.05, 0) is 38.3 Å². The highest BCUT2D eigenvalue weighted by atomic mass is 16.6. The second-order valence-corrected chi connectivity index (χ2v) is 5.65. The van der Waals surface area contributed by atoms with E-state index in [1.54, 1.807) is 18.2 Å². The van der Waals surface area contributed by atoms with Crippen molar-refractivity contribution in [3.8, 4) is 5.75 Å². The number of ether oxygens (including phenoxy) is 1. The number of hydrogen-bond acceptors (Lipinski definition) is 4. The molecule has 0 radical (unpaired) electrons. The number of nitro benzene ring substituents is 1. The number of benzene rings is 1. The predicted molar refractivity (Wildman–Crippen MR) is 79.4 cm³/mol. The minimum Gasteiger partial charge on any atom is -0.487 e. The zero-order valence-electron chi connectivity index (χ0n) is 12.1. The van der Waals surface area contributed by atoms with Crippen molar-refractivity contribution in [1.29, 1.82) is 0 Å². The van der Waals surface area contributed by atoms with Crippen molar-refractivity contribution in [3.05, 3.63) is 28.3 Å². The van der Waals surface area contributed by atoms with Crippen LogP contribution < -0.4 is 10.1 Å². The molecular formula is C15H22N2O3. The second-order valence-electron chi connectivity index (χ2n) is 5.65. The third kappa shape index (κ3) is 3.21. The van der Waals surface area contributed by atoms with Gasteiger partial charge >= 0.3 is 5.69 Å². The minimum atomic E-state index is -0.356. The van der Waals surface area contributed by atoms with Crippen molar-refractivity contribution in [2.24, 2.45) is 0 Å². The number of rotatable bonds is 6. The smallest absolute Gasteiger partial charge is 0.333 e. The largest absolute Gasteiger partial charge is 0.487 e. The van der Waals surface area contributed by atoms with Gasteiger partial charge in [0.25, 0.3) is 0 Å². The number of anilines is 1. The topological polar surface area (TPSA) is 64.4 Å². The molecule has 20 heavy (non-hydrogen) atoms. The molecule has 5 heteroatoms. The summed E-state index contributed by atoms with van der Waals surface area (Å²) in [6.07, 6.45) is 5.26. The SMILES string of the molecule is CCCOc1cccc(NC2(C)CCCC2)c1[N+](=O)[O-]. The molecule has 0 spiro atoms. The first-order valence-electron chi connectivity index (χ1n) is 7.24. The zero-order valence-corrected chi connectivity index (χ0v) is 12.1. The van der Waals surface area contributed by atoms with Gasteiger partial charge in [-0.25, -0.2) is 0 Å². The van der Waals surface area contributed by atoms with Gasteiger partial charge < -0.3 is 10.1 Å². The summed E-state index contributed by atoms with van der Waals surface area (Å²) >= 11 is 0. The lowest BCUT2D eigenvalue weighted by atomic mass is 10.00. The molecule has 1 aromatic rings. The lowest BCUT2D eigenvalue weighted by Crippen LogP contribution is -2.31. The molecule has 0 atom stereocenters. The zero-order chi connectivity index (χ0) is 14.6. The highest BCUT2D eigenvalue weighted by molar-refractivity contribution is 5.69. The first kappa shape index (κ1) is 14.6. The summed E-state index contributed by atoms with van der Waals surface area (Å²) in [6, 6.07) is 5.23. The van der Waals surface area contributed by atoms with Crippen molar-refractivity contribution < 1.29 is 9.66 Å². The maximum atomic E-state index is 11.4. The molecule has 1 N–H and O–H groups in total. The predicted octanol–water partition coefficient (Wildman–Crippen LogP) is 4.13. The fourth-order valence-corrected chi connectivity index (χ4v) is 2.75. The van der Waals surface area contributed by atoms with E-state index in [-0.39, 0.29) is 16.1 Å². The average Bonchev–Trinajstić information content (AvgIpc) is 2.82. The van der Waals surface area contributed by atoms with Crippen LogP contribution in [0.25, 0.3) is 0 Å². The van der Waals surface area contributed by atoms with Gasteiger partial charge in [0.1, 0.15) is 5.69 Å². The highest BCUT2D eigenvalue weighted by Gasteiger charge is 2.31. The second kappa shape index (κ2) is 6.11. The first-order chi connectivity index (χ1) is 9.56. The average molecular weight is 278 g/mol. The van der Waals surface area contributed by atoms with Crippen molar-refractivity contribution in [3.63, 3.8) is 0 Å². The van der Waals surface area contributed by atoms with E-state index < -0.39 is 0 Å². The molecule has 1 fully saturated rings. The fourth-order valence-electron chi connectivity index (χ4n) is 2.75. The maximum Gasteiger partial charge on any atom is 0.333 e. The van der Waals surface area contributed by atoms with E-state index in [1.165, 1.54) is 12.8 Å². The molecule has 0 heterocycles. The van der Waals surface area contributed by atoms with Crippen molar-refractivity contribution >= 4 is 11.4 Å². The van der Waals surface area contributed by atoms with E-state index >= 15 is 0 Å². The van der Waals surface area contributed by atoms with Crippen LogP contribution in [0.5, 0.6) is 5.75 Å². The van der Waals surface area contributed by atoms with Crippen LogP contribution in [0.1, 0.15) is 46.0 Å². The highest BCUT2D eigenvalue weighted by Crippen LogP contribution is 2.39. The molecular weight excluding hydrogens is 256 g/mol. The number of para-hydroxylation sites is 1. The number of hydrogen-bond donors (Lipinski definition) is 1. The Balaban J connectivity index is 2.29. The van der Waals surface area contributed by atoms with E-state index in [1.807, 2.05) is 6.92 Å². The van der Waals surface area contributed by atoms with Crippen LogP contribution in [0.15, 0.2) is 18.2 Å². The summed E-state index contributed by atoms with van der Waals surface area (Å²) in [5.74, 6) is 0.350. The summed E-state index contributed by atoms with van der Waals surface area (Å²) in [5.41, 5.74) is 0.566. The normalized spacial score (nSPS) is 16.9. The van der Waals surface area contributed by atoms with E-state index in [9.17, 15) is 10.1 Å². The van der Waals surface area contributed by atoms with Crippen LogP contribution in [0.3, 0.4) is 0 Å². The van der Waals surface area contributed by atoms with Crippen molar-refractivity contribution in [1.82, 2.24) is 0 Å². The third-order valence-electron chi connectivity index (χ3n) is 3.79. The monoisotopic (exact) mass is 278 g/mol. The Morgan fingerprint density at radius 1 is 1.40 bits per heavy atom. The van der Waals surface area contributed by atoms with Gasteiger partial charge in [-0.1, -0.05) is 25.8 Å². The van der Waals surface area contributed by atoms with E-state index in [0.717, 1.165) is 19.3 Å². The van der Waals surface area contributed by atoms with E-state index in [2.05, 4.69) is 12.2 Å². The molecule has 2 rings (SSSR count). The van der Waals surface area contributed by atoms with Crippen LogP contribution in [0.2, 0.25) is 0 Å². The molecule has 1 saturated carbocycles. The molecule has 0 bridgehead atoms. The maximum absolute atomic E-state index is 11.4. The summed E-state index contributed by atoms with van der Waals surface area (Å²) in [4.78, 5) is 11.0. The molecule has 1 aliphatic rings. The standard InChI is InChI=1S/C15H22N2O3/c1-3-11-20-13-8-6-7-12(14(13)17(18)19)16-15(2)9-4-5-10-15/h6-8,16H,3-5,9-11H2,1-2H3. The lowest BCUT2D eigenvalue weighted by Gasteiger charge is -2.26. The van der Waals surface area contributed by atoms with Gasteiger partial charge in [0.15, 0.2) is 5.75 Å². The molecule has 0 amide bonds. The number of nitro groups is 1. The quantitative estimate of drug-likeness (QED) is 0.627. The van der Waals surface area contributed by atoms with Gasteiger partial charge in [0, 0.05) is 5.54 Å². The molecule has 5 nitrogen and oxygen atoms in total. The van der Waals surface area contributed by atoms with Gasteiger partial charge in [-0.3, -0.25) is 10.1 Å². The Labute approximate surface area is 119 Å². The molecule has 110 valence electrons. The molecule has 1 aliphatic carbocycles. The Morgan fingerprint density at radius 2 is 2.10 bits per heavy atom. The van der Waals surface area contributed by atoms with Gasteiger partial charge in [0.05, 0.1) is 11.5 Å². The summed E-state index contributed by atoms with van der Waals surface area (Å²) in [6.45, 7) is 4.60. The van der Waals surface area contributed by atoms with E-state index in [0.29, 0.717) is 18.0 Å². The summed E-state index contributed by atoms with van der Waals surface area (Å²) in [7, 11) is 0. The summed E-state index contributed by atoms with van der Waals surface area (Å²) in [5, 5.41) is 14.7. The summed E-state index contributed by atoms with van der Waals surface area (Å²) < 4.78 is 5.50. The van der Waals surface area contributed by atoms with Gasteiger partial charge in [-0.15, -0.1) is 0 Å². The van der Waals surface area contributed by atoms with Crippen LogP contribution in [0.4, 0.5) is 11.4 Å². The van der Waals surface area contributed by atoms with Crippen LogP contribution >= 0.6 is 0 Å². The molecule has 1 aromatic carbocycles. The molecule has 0 aliphatic heterocycles. The minimum absolute atomic E-state index is 0.0475. The molecule has 0 unspecified atom stereocenters. The fraction of sp³-hybridized carbons (Fsp3) is 0.600. The molecule has 0 saturated heterocycles. The number of nitrogens with one attached hydrogen (secondary N) is 1. The van der Waals surface area contributed by atoms with Crippen molar-refractivity contribution in [2.75, 3.05) is 11.9 Å². The lowest BCUT2D eigenvalue weighted by molar-refractivity contribution is -0.385. The molecule has 0 aromatic heterocycles. The number of nitrogens with zero attached hydrogens (tertiary/aromatic N) is 1. The van der Waals surface area contributed by atoms with E-state index in [4.69, 9.17) is 4.74 Å².